The fraction of sp³-hybridized carbons (Fsp3) is 0.800. The van der Waals surface area contributed by atoms with E-state index in [2.05, 4.69) is 4.74 Å². The van der Waals surface area contributed by atoms with E-state index >= 15 is 0 Å². The second kappa shape index (κ2) is 4.24. The number of hydrogen-bond donors (Lipinski definition) is 4. The van der Waals surface area contributed by atoms with Crippen LogP contribution in [0, 0.1) is 0 Å². The van der Waals surface area contributed by atoms with E-state index in [1.807, 2.05) is 0 Å². The molecule has 0 rings (SSSR count). The quantitative estimate of drug-likeness (QED) is 0.272. The average molecular weight is 165 g/mol. The molecule has 0 aliphatic heterocycles. The lowest BCUT2D eigenvalue weighted by Gasteiger charge is -2.14. The third kappa shape index (κ3) is 3.89. The van der Waals surface area contributed by atoms with E-state index < -0.39 is 24.6 Å². The summed E-state index contributed by atoms with van der Waals surface area (Å²) in [6.45, 7) is 1.16. The van der Waals surface area contributed by atoms with Gasteiger partial charge in [-0.3, -0.25) is 0 Å². The van der Waals surface area contributed by atoms with Gasteiger partial charge in [0, 0.05) is 0 Å². The van der Waals surface area contributed by atoms with Crippen molar-refractivity contribution in [3.05, 3.63) is 0 Å². The predicted molar refractivity (Wildman–Crippen MR) is 34.0 cm³/mol. The Labute approximate surface area is 63.2 Å². The number of rotatable bonds is 3. The van der Waals surface area contributed by atoms with Crippen LogP contribution in [0.2, 0.25) is 0 Å². The van der Waals surface area contributed by atoms with Crippen LogP contribution >= 0.6 is 0 Å². The highest BCUT2D eigenvalue weighted by atomic mass is 16.7. The van der Waals surface area contributed by atoms with Crippen molar-refractivity contribution in [3.63, 3.8) is 0 Å². The lowest BCUT2D eigenvalue weighted by molar-refractivity contribution is -0.193. The van der Waals surface area contributed by atoms with Crippen LogP contribution in [-0.2, 0) is 9.53 Å². The van der Waals surface area contributed by atoms with Gasteiger partial charge in [-0.25, -0.2) is 4.79 Å². The van der Waals surface area contributed by atoms with Crippen molar-refractivity contribution >= 4 is 5.97 Å². The summed E-state index contributed by atoms with van der Waals surface area (Å²) in [4.78, 5) is 10.5. The van der Waals surface area contributed by atoms with Gasteiger partial charge in [0.15, 0.2) is 6.23 Å². The van der Waals surface area contributed by atoms with Crippen molar-refractivity contribution in [1.29, 1.82) is 0 Å². The monoisotopic (exact) mass is 165 g/mol. The van der Waals surface area contributed by atoms with Crippen molar-refractivity contribution in [1.82, 2.24) is 0 Å². The van der Waals surface area contributed by atoms with Gasteiger partial charge in [-0.2, -0.15) is 0 Å². The molecule has 0 aromatic carbocycles. The predicted octanol–water partition coefficient (Wildman–Crippen LogP) is -2.49. The molecule has 0 fully saturated rings. The summed E-state index contributed by atoms with van der Waals surface area (Å²) in [5, 5.41) is 25.6. The molecule has 0 saturated carbocycles. The number of esters is 1. The third-order valence-electron chi connectivity index (χ3n) is 0.870. The summed E-state index contributed by atoms with van der Waals surface area (Å²) in [7, 11) is 0. The number of aliphatic hydroxyl groups is 3. The maximum Gasteiger partial charge on any atom is 0.337 e. The van der Waals surface area contributed by atoms with Crippen LogP contribution < -0.4 is 5.73 Å². The molecule has 0 radical (unpaired) electrons. The minimum absolute atomic E-state index is 1.04. The third-order valence-corrected chi connectivity index (χ3v) is 0.870. The van der Waals surface area contributed by atoms with E-state index in [-0.39, 0.29) is 0 Å². The standard InChI is InChI=1S/C5H11NO5/c1-2(7)4(9)11-5(10)3(6)8/h2-3,5,7-8,10H,6H2,1H3. The van der Waals surface area contributed by atoms with Crippen molar-refractivity contribution < 1.29 is 24.9 Å². The van der Waals surface area contributed by atoms with Gasteiger partial charge in [-0.1, -0.05) is 0 Å². The molecule has 3 atom stereocenters. The Hall–Kier alpha value is -0.690. The fourth-order valence-corrected chi connectivity index (χ4v) is 0.287. The van der Waals surface area contributed by atoms with E-state index in [0.717, 1.165) is 6.92 Å². The molecule has 0 heterocycles. The molecule has 3 unspecified atom stereocenters. The van der Waals surface area contributed by atoms with Crippen LogP contribution in [0.1, 0.15) is 6.92 Å². The van der Waals surface area contributed by atoms with Crippen molar-refractivity contribution in [2.75, 3.05) is 0 Å². The Balaban J connectivity index is 3.76. The first-order chi connectivity index (χ1) is 4.95. The molecular formula is C5H11NO5. The Morgan fingerprint density at radius 2 is 1.91 bits per heavy atom. The zero-order valence-corrected chi connectivity index (χ0v) is 5.97. The number of carbonyl (C=O) groups is 1. The molecule has 66 valence electrons. The lowest BCUT2D eigenvalue weighted by atomic mass is 10.4. The summed E-state index contributed by atoms with van der Waals surface area (Å²) < 4.78 is 4.06. The van der Waals surface area contributed by atoms with Gasteiger partial charge in [0.05, 0.1) is 0 Å². The van der Waals surface area contributed by atoms with E-state index in [1.165, 1.54) is 0 Å². The van der Waals surface area contributed by atoms with Crippen LogP contribution in [0.25, 0.3) is 0 Å². The molecule has 11 heavy (non-hydrogen) atoms. The molecule has 6 heteroatoms. The Kier molecular flexibility index (Phi) is 3.98. The first-order valence-electron chi connectivity index (χ1n) is 2.95. The van der Waals surface area contributed by atoms with E-state index in [4.69, 9.17) is 21.1 Å². The maximum atomic E-state index is 10.5. The van der Waals surface area contributed by atoms with Crippen LogP contribution in [0.5, 0.6) is 0 Å². The minimum Gasteiger partial charge on any atom is -0.430 e. The number of nitrogens with two attached hydrogens (primary N) is 1. The minimum atomic E-state index is -1.79. The number of carbonyl (C=O) groups excluding carboxylic acids is 1. The first kappa shape index (κ1) is 10.3. The highest BCUT2D eigenvalue weighted by Gasteiger charge is 2.19. The molecule has 5 N–H and O–H groups in total. The molecule has 6 nitrogen and oxygen atoms in total. The number of ether oxygens (including phenoxy) is 1. The van der Waals surface area contributed by atoms with Crippen molar-refractivity contribution in [2.45, 2.75) is 25.5 Å². The van der Waals surface area contributed by atoms with Gasteiger partial charge >= 0.3 is 5.97 Å². The highest BCUT2D eigenvalue weighted by Crippen LogP contribution is 1.93. The van der Waals surface area contributed by atoms with Gasteiger partial charge in [0.25, 0.3) is 0 Å². The Bertz CT molecular complexity index is 135. The second-order valence-electron chi connectivity index (χ2n) is 1.99. The maximum absolute atomic E-state index is 10.5. The molecule has 0 aromatic heterocycles. The van der Waals surface area contributed by atoms with Gasteiger partial charge in [0.2, 0.25) is 6.29 Å². The van der Waals surface area contributed by atoms with Crippen molar-refractivity contribution in [2.24, 2.45) is 5.73 Å². The van der Waals surface area contributed by atoms with E-state index in [0.29, 0.717) is 0 Å². The normalized spacial score (nSPS) is 18.6. The van der Waals surface area contributed by atoms with Gasteiger partial charge in [-0.05, 0) is 6.92 Å². The average Bonchev–Trinajstić information content (AvgIpc) is 1.87. The first-order valence-corrected chi connectivity index (χ1v) is 2.95. The van der Waals surface area contributed by atoms with Crippen molar-refractivity contribution in [3.8, 4) is 0 Å². The summed E-state index contributed by atoms with van der Waals surface area (Å²) in [6, 6.07) is 0. The fourth-order valence-electron chi connectivity index (χ4n) is 0.287. The number of hydrogen-bond acceptors (Lipinski definition) is 6. The lowest BCUT2D eigenvalue weighted by Crippen LogP contribution is -2.39. The number of aliphatic hydroxyl groups excluding tert-OH is 3. The Morgan fingerprint density at radius 3 is 2.18 bits per heavy atom. The summed E-state index contributed by atoms with van der Waals surface area (Å²) >= 11 is 0. The Morgan fingerprint density at radius 1 is 1.45 bits per heavy atom. The molecular weight excluding hydrogens is 154 g/mol. The zero-order chi connectivity index (χ0) is 9.02. The molecule has 0 bridgehead atoms. The van der Waals surface area contributed by atoms with Gasteiger partial charge in [-0.15, -0.1) is 0 Å². The van der Waals surface area contributed by atoms with E-state index in [1.54, 1.807) is 0 Å². The summed E-state index contributed by atoms with van der Waals surface area (Å²) in [6.07, 6.45) is -4.79. The molecule has 0 saturated heterocycles. The van der Waals surface area contributed by atoms with Crippen LogP contribution in [0.4, 0.5) is 0 Å². The highest BCUT2D eigenvalue weighted by molar-refractivity contribution is 5.73. The summed E-state index contributed by atoms with van der Waals surface area (Å²) in [5.41, 5.74) is 4.73. The second-order valence-corrected chi connectivity index (χ2v) is 1.99. The van der Waals surface area contributed by atoms with Crippen LogP contribution in [0.15, 0.2) is 0 Å². The molecule has 0 spiro atoms. The van der Waals surface area contributed by atoms with Crippen LogP contribution in [-0.4, -0.2) is 39.9 Å². The topological polar surface area (TPSA) is 113 Å². The van der Waals surface area contributed by atoms with Gasteiger partial charge in [0.1, 0.15) is 6.10 Å². The zero-order valence-electron chi connectivity index (χ0n) is 5.97. The molecule has 0 aromatic rings. The van der Waals surface area contributed by atoms with E-state index in [9.17, 15) is 4.79 Å². The largest absolute Gasteiger partial charge is 0.430 e. The molecule has 0 amide bonds. The molecule has 0 aliphatic carbocycles. The van der Waals surface area contributed by atoms with Crippen LogP contribution in [0.3, 0.4) is 0 Å². The molecule has 0 aliphatic rings. The van der Waals surface area contributed by atoms with Gasteiger partial charge < -0.3 is 25.8 Å². The smallest absolute Gasteiger partial charge is 0.337 e. The SMILES string of the molecule is CC(O)C(=O)OC(O)C(N)O. The summed E-state index contributed by atoms with van der Waals surface area (Å²) in [5.74, 6) is -1.04.